The smallest absolute Gasteiger partial charge is 0.407 e. The molecular formula is C30H37N5O8. The summed E-state index contributed by atoms with van der Waals surface area (Å²) in [5, 5.41) is 7.36. The van der Waals surface area contributed by atoms with Crippen LogP contribution < -0.4 is 16.0 Å². The zero-order valence-corrected chi connectivity index (χ0v) is 24.6. The van der Waals surface area contributed by atoms with Gasteiger partial charge in [0.05, 0.1) is 0 Å². The number of likely N-dealkylation sites (tertiary alicyclic amines) is 1. The Morgan fingerprint density at radius 2 is 1.88 bits per heavy atom. The topological polar surface area (TPSA) is 163 Å². The molecule has 0 aliphatic carbocycles. The zero-order valence-electron chi connectivity index (χ0n) is 24.6. The monoisotopic (exact) mass is 595 g/mol. The van der Waals surface area contributed by atoms with E-state index in [2.05, 4.69) is 34.4 Å². The van der Waals surface area contributed by atoms with Crippen LogP contribution in [0.3, 0.4) is 0 Å². The lowest BCUT2D eigenvalue weighted by atomic mass is 10.0. The molecule has 2 aliphatic heterocycles. The second-order valence-electron chi connectivity index (χ2n) is 10.8. The fourth-order valence-electron chi connectivity index (χ4n) is 4.41. The first-order chi connectivity index (χ1) is 20.4. The van der Waals surface area contributed by atoms with E-state index < -0.39 is 54.8 Å². The summed E-state index contributed by atoms with van der Waals surface area (Å²) >= 11 is 0. The van der Waals surface area contributed by atoms with Gasteiger partial charge < -0.3 is 30.3 Å². The predicted octanol–water partition coefficient (Wildman–Crippen LogP) is 1.80. The van der Waals surface area contributed by atoms with Gasteiger partial charge in [0.2, 0.25) is 11.8 Å². The van der Waals surface area contributed by atoms with E-state index in [1.165, 1.54) is 11.0 Å². The van der Waals surface area contributed by atoms with Crippen molar-refractivity contribution in [1.82, 2.24) is 25.8 Å². The van der Waals surface area contributed by atoms with E-state index in [9.17, 15) is 28.8 Å². The molecule has 1 aromatic rings. The normalized spacial score (nSPS) is 16.1. The van der Waals surface area contributed by atoms with Crippen molar-refractivity contribution in [3.05, 3.63) is 47.5 Å². The van der Waals surface area contributed by atoms with Crippen molar-refractivity contribution in [2.45, 2.75) is 64.6 Å². The van der Waals surface area contributed by atoms with E-state index in [0.717, 1.165) is 4.90 Å². The standard InChI is InChI=1S/C30H37N5O8/c1-5-16-42-28(40)32-17-24(36)33-19-35-25(37)14-13-23(27(35)39)34-18-22-20(11-9-12-21(22)26(34)38)10-7-6-8-15-31-29(41)43-30(2,3)4/h5,9,11-12,23H,1,6,8,13-19H2,2-4H3,(H,31,41)(H,32,40)(H,33,36). The predicted molar refractivity (Wildman–Crippen MR) is 154 cm³/mol. The van der Waals surface area contributed by atoms with Gasteiger partial charge in [-0.1, -0.05) is 30.6 Å². The number of piperidine rings is 1. The average Bonchev–Trinajstić information content (AvgIpc) is 3.28. The largest absolute Gasteiger partial charge is 0.445 e. The maximum Gasteiger partial charge on any atom is 0.407 e. The number of carbonyl (C=O) groups is 6. The first kappa shape index (κ1) is 32.7. The van der Waals surface area contributed by atoms with Crippen molar-refractivity contribution in [2.75, 3.05) is 26.4 Å². The number of alkyl carbamates (subject to hydrolysis) is 2. The number of hydrogen-bond donors (Lipinski definition) is 3. The number of amides is 6. The number of rotatable bonds is 10. The molecular weight excluding hydrogens is 558 g/mol. The van der Waals surface area contributed by atoms with E-state index in [-0.39, 0.29) is 31.9 Å². The van der Waals surface area contributed by atoms with Crippen LogP contribution in [-0.4, -0.2) is 83.6 Å². The quantitative estimate of drug-likeness (QED) is 0.160. The molecule has 6 amide bonds. The van der Waals surface area contributed by atoms with Crippen LogP contribution in [0.15, 0.2) is 30.9 Å². The van der Waals surface area contributed by atoms with Crippen molar-refractivity contribution < 1.29 is 38.2 Å². The number of unbranched alkanes of at least 4 members (excludes halogenated alkanes) is 1. The summed E-state index contributed by atoms with van der Waals surface area (Å²) in [5.74, 6) is 4.12. The minimum absolute atomic E-state index is 0.0164. The van der Waals surface area contributed by atoms with E-state index >= 15 is 0 Å². The number of carbonyl (C=O) groups excluding carboxylic acids is 6. The SMILES string of the molecule is C=CCOC(=O)NCC(=O)NCN1C(=O)CCC(N2Cc3c(C#CCCCNC(=O)OC(C)(C)C)cccc3C2=O)C1=O. The van der Waals surface area contributed by atoms with Gasteiger partial charge in [-0.25, -0.2) is 9.59 Å². The third-order valence-corrected chi connectivity index (χ3v) is 6.39. The number of nitrogens with zero attached hydrogens (tertiary/aromatic N) is 2. The Kier molecular flexibility index (Phi) is 11.3. The molecule has 3 N–H and O–H groups in total. The second-order valence-corrected chi connectivity index (χ2v) is 10.8. The van der Waals surface area contributed by atoms with Crippen LogP contribution in [0.2, 0.25) is 0 Å². The maximum absolute atomic E-state index is 13.3. The molecule has 1 atom stereocenters. The first-order valence-corrected chi connectivity index (χ1v) is 13.9. The second kappa shape index (κ2) is 14.9. The van der Waals surface area contributed by atoms with Crippen molar-refractivity contribution in [3.8, 4) is 11.8 Å². The Morgan fingerprint density at radius 1 is 1.12 bits per heavy atom. The van der Waals surface area contributed by atoms with Crippen LogP contribution in [0.5, 0.6) is 0 Å². The molecule has 0 saturated carbocycles. The lowest BCUT2D eigenvalue weighted by Gasteiger charge is -2.35. The summed E-state index contributed by atoms with van der Waals surface area (Å²) in [5.41, 5.74) is 1.23. The Hall–Kier alpha value is -4.86. The van der Waals surface area contributed by atoms with Gasteiger partial charge in [-0.15, -0.1) is 0 Å². The lowest BCUT2D eigenvalue weighted by Crippen LogP contribution is -2.57. The van der Waals surface area contributed by atoms with Crippen LogP contribution in [0, 0.1) is 11.8 Å². The molecule has 0 aromatic heterocycles. The van der Waals surface area contributed by atoms with E-state index in [1.807, 2.05) is 0 Å². The molecule has 2 aliphatic rings. The van der Waals surface area contributed by atoms with Crippen LogP contribution in [0.1, 0.15) is 67.9 Å². The Morgan fingerprint density at radius 3 is 2.60 bits per heavy atom. The number of imide groups is 1. The third kappa shape index (κ3) is 9.32. The highest BCUT2D eigenvalue weighted by Crippen LogP contribution is 2.30. The highest BCUT2D eigenvalue weighted by Gasteiger charge is 2.43. The van der Waals surface area contributed by atoms with Crippen molar-refractivity contribution in [1.29, 1.82) is 0 Å². The lowest BCUT2D eigenvalue weighted by molar-refractivity contribution is -0.152. The highest BCUT2D eigenvalue weighted by atomic mass is 16.6. The van der Waals surface area contributed by atoms with E-state index in [0.29, 0.717) is 36.1 Å². The van der Waals surface area contributed by atoms with Crippen molar-refractivity contribution in [3.63, 3.8) is 0 Å². The number of ether oxygens (including phenoxy) is 2. The van der Waals surface area contributed by atoms with Gasteiger partial charge in [0.15, 0.2) is 0 Å². The van der Waals surface area contributed by atoms with Gasteiger partial charge in [-0.2, -0.15) is 0 Å². The van der Waals surface area contributed by atoms with Gasteiger partial charge in [0, 0.05) is 37.1 Å². The van der Waals surface area contributed by atoms with Gasteiger partial charge in [-0.3, -0.25) is 24.1 Å². The number of hydrogen-bond acceptors (Lipinski definition) is 8. The molecule has 43 heavy (non-hydrogen) atoms. The Bertz CT molecular complexity index is 1340. The van der Waals surface area contributed by atoms with Crippen molar-refractivity contribution in [2.24, 2.45) is 0 Å². The minimum Gasteiger partial charge on any atom is -0.445 e. The highest BCUT2D eigenvalue weighted by molar-refractivity contribution is 6.05. The van der Waals surface area contributed by atoms with Gasteiger partial charge in [0.25, 0.3) is 11.8 Å². The third-order valence-electron chi connectivity index (χ3n) is 6.39. The number of benzene rings is 1. The first-order valence-electron chi connectivity index (χ1n) is 13.9. The molecule has 0 radical (unpaired) electrons. The summed E-state index contributed by atoms with van der Waals surface area (Å²) in [6, 6.07) is 4.32. The molecule has 1 aromatic carbocycles. The molecule has 1 saturated heterocycles. The van der Waals surface area contributed by atoms with Gasteiger partial charge >= 0.3 is 12.2 Å². The molecule has 13 heteroatoms. The molecule has 13 nitrogen and oxygen atoms in total. The number of nitrogens with one attached hydrogen (secondary N) is 3. The van der Waals surface area contributed by atoms with Gasteiger partial charge in [-0.05, 0) is 51.3 Å². The number of fused-ring (bicyclic) bond motifs is 1. The summed E-state index contributed by atoms with van der Waals surface area (Å²) in [6.07, 6.45) is 1.36. The van der Waals surface area contributed by atoms with Crippen LogP contribution >= 0.6 is 0 Å². The molecule has 3 rings (SSSR count). The average molecular weight is 596 g/mol. The molecule has 230 valence electrons. The van der Waals surface area contributed by atoms with Gasteiger partial charge in [0.1, 0.15) is 31.5 Å². The minimum atomic E-state index is -0.888. The Labute approximate surface area is 250 Å². The fraction of sp³-hybridized carbons (Fsp3) is 0.467. The summed E-state index contributed by atoms with van der Waals surface area (Å²) < 4.78 is 9.91. The van der Waals surface area contributed by atoms with Crippen LogP contribution in [0.25, 0.3) is 0 Å². The zero-order chi connectivity index (χ0) is 31.6. The molecule has 0 bridgehead atoms. The molecule has 2 heterocycles. The molecule has 0 spiro atoms. The van der Waals surface area contributed by atoms with E-state index in [1.54, 1.807) is 39.0 Å². The van der Waals surface area contributed by atoms with Crippen LogP contribution in [-0.2, 0) is 30.4 Å². The molecule has 1 unspecified atom stereocenters. The Balaban J connectivity index is 1.56. The fourth-order valence-corrected chi connectivity index (χ4v) is 4.41. The van der Waals surface area contributed by atoms with Crippen molar-refractivity contribution >= 4 is 35.8 Å². The maximum atomic E-state index is 13.3. The summed E-state index contributed by atoms with van der Waals surface area (Å²) in [6.45, 7) is 8.50. The summed E-state index contributed by atoms with van der Waals surface area (Å²) in [7, 11) is 0. The summed E-state index contributed by atoms with van der Waals surface area (Å²) in [4.78, 5) is 76.8. The van der Waals surface area contributed by atoms with E-state index in [4.69, 9.17) is 9.47 Å². The van der Waals surface area contributed by atoms with Crippen LogP contribution in [0.4, 0.5) is 9.59 Å². The molecule has 1 fully saturated rings.